The summed E-state index contributed by atoms with van der Waals surface area (Å²) in [5.41, 5.74) is 0.859. The van der Waals surface area contributed by atoms with Crippen molar-refractivity contribution in [1.82, 2.24) is 19.7 Å². The lowest BCUT2D eigenvalue weighted by Crippen LogP contribution is -1.99. The van der Waals surface area contributed by atoms with E-state index in [4.69, 9.17) is 16.3 Å². The van der Waals surface area contributed by atoms with Crippen molar-refractivity contribution >= 4 is 17.3 Å². The number of aryl methyl sites for hydroxylation is 2. The maximum absolute atomic E-state index is 10.9. The molecule has 0 aromatic carbocycles. The summed E-state index contributed by atoms with van der Waals surface area (Å²) in [6.45, 7) is 3.51. The summed E-state index contributed by atoms with van der Waals surface area (Å²) in [5, 5.41) is 14.8. The summed E-state index contributed by atoms with van der Waals surface area (Å²) in [4.78, 5) is 17.6. The van der Waals surface area contributed by atoms with Crippen LogP contribution in [0.2, 0.25) is 5.15 Å². The van der Waals surface area contributed by atoms with Crippen LogP contribution in [0.25, 0.3) is 0 Å². The van der Waals surface area contributed by atoms with Gasteiger partial charge in [-0.1, -0.05) is 11.6 Å². The van der Waals surface area contributed by atoms with Gasteiger partial charge in [-0.25, -0.2) is 4.98 Å². The van der Waals surface area contributed by atoms with Crippen LogP contribution in [0.4, 0.5) is 5.69 Å². The quantitative estimate of drug-likeness (QED) is 0.486. The van der Waals surface area contributed by atoms with Crippen molar-refractivity contribution in [2.24, 2.45) is 7.05 Å². The Morgan fingerprint density at radius 1 is 1.42 bits per heavy atom. The highest BCUT2D eigenvalue weighted by molar-refractivity contribution is 6.31. The molecule has 9 heteroatoms. The van der Waals surface area contributed by atoms with Gasteiger partial charge in [0.15, 0.2) is 5.75 Å². The molecule has 2 aromatic rings. The molecule has 2 heterocycles. The summed E-state index contributed by atoms with van der Waals surface area (Å²) in [5.74, 6) is 0.213. The molecule has 0 radical (unpaired) electrons. The third kappa shape index (κ3) is 2.34. The van der Waals surface area contributed by atoms with E-state index >= 15 is 0 Å². The van der Waals surface area contributed by atoms with Crippen LogP contribution < -0.4 is 4.74 Å². The molecule has 0 N–H and O–H groups in total. The van der Waals surface area contributed by atoms with Crippen molar-refractivity contribution < 1.29 is 9.66 Å². The van der Waals surface area contributed by atoms with E-state index in [1.165, 1.54) is 0 Å². The van der Waals surface area contributed by atoms with E-state index in [9.17, 15) is 10.1 Å². The maximum Gasteiger partial charge on any atom is 0.368 e. The number of rotatable bonds is 3. The third-order valence-electron chi connectivity index (χ3n) is 2.57. The Kier molecular flexibility index (Phi) is 3.34. The predicted molar refractivity (Wildman–Crippen MR) is 66.5 cm³/mol. The zero-order valence-electron chi connectivity index (χ0n) is 10.4. The molecule has 8 nitrogen and oxygen atoms in total. The number of hydrogen-bond donors (Lipinski definition) is 0. The lowest BCUT2D eigenvalue weighted by molar-refractivity contribution is -0.386. The zero-order valence-corrected chi connectivity index (χ0v) is 11.2. The molecule has 2 aromatic heterocycles. The lowest BCUT2D eigenvalue weighted by Gasteiger charge is -2.05. The van der Waals surface area contributed by atoms with Gasteiger partial charge in [0.2, 0.25) is 5.15 Å². The minimum absolute atomic E-state index is 0.204. The summed E-state index contributed by atoms with van der Waals surface area (Å²) in [7, 11) is 1.75. The molecular weight excluding hydrogens is 274 g/mol. The number of nitro groups is 1. The Balaban J connectivity index is 2.50. The van der Waals surface area contributed by atoms with Crippen LogP contribution in [0.15, 0.2) is 6.33 Å². The first-order valence-electron chi connectivity index (χ1n) is 5.24. The van der Waals surface area contributed by atoms with Crippen LogP contribution in [0.3, 0.4) is 0 Å². The van der Waals surface area contributed by atoms with Gasteiger partial charge in [0.1, 0.15) is 12.0 Å². The van der Waals surface area contributed by atoms with Gasteiger partial charge in [0.25, 0.3) is 0 Å². The Morgan fingerprint density at radius 2 is 2.11 bits per heavy atom. The van der Waals surface area contributed by atoms with Gasteiger partial charge in [-0.2, -0.15) is 10.1 Å². The fourth-order valence-electron chi connectivity index (χ4n) is 1.57. The van der Waals surface area contributed by atoms with Gasteiger partial charge in [0, 0.05) is 7.05 Å². The van der Waals surface area contributed by atoms with Crippen LogP contribution in [0.1, 0.15) is 11.4 Å². The molecule has 0 amide bonds. The average molecular weight is 284 g/mol. The molecule has 0 spiro atoms. The van der Waals surface area contributed by atoms with Crippen LogP contribution in [0, 0.1) is 24.0 Å². The maximum atomic E-state index is 10.9. The molecule has 0 saturated heterocycles. The van der Waals surface area contributed by atoms with Crippen molar-refractivity contribution in [3.63, 3.8) is 0 Å². The van der Waals surface area contributed by atoms with E-state index in [2.05, 4.69) is 15.1 Å². The van der Waals surface area contributed by atoms with E-state index in [0.29, 0.717) is 11.4 Å². The zero-order chi connectivity index (χ0) is 14.2. The number of hydrogen-bond acceptors (Lipinski definition) is 6. The van der Waals surface area contributed by atoms with Crippen molar-refractivity contribution in [2.45, 2.75) is 13.8 Å². The second-order valence-corrected chi connectivity index (χ2v) is 4.16. The SMILES string of the molecule is Cc1nn(C)c(C)c1Oc1ncnc(Cl)c1[N+](=O)[O-]. The predicted octanol–water partition coefficient (Wildman–Crippen LogP) is 2.18. The molecule has 19 heavy (non-hydrogen) atoms. The monoisotopic (exact) mass is 283 g/mol. The standard InChI is InChI=1S/C10H10ClN5O3/c1-5-8(6(2)15(3)14-5)19-10-7(16(17)18)9(11)12-4-13-10/h4H,1-3H3. The lowest BCUT2D eigenvalue weighted by atomic mass is 10.3. The van der Waals surface area contributed by atoms with Gasteiger partial charge < -0.3 is 4.74 Å². The fourth-order valence-corrected chi connectivity index (χ4v) is 1.76. The van der Waals surface area contributed by atoms with Crippen LogP contribution in [-0.4, -0.2) is 24.7 Å². The van der Waals surface area contributed by atoms with Crippen LogP contribution in [-0.2, 0) is 7.05 Å². The van der Waals surface area contributed by atoms with Crippen molar-refractivity contribution in [3.8, 4) is 11.6 Å². The smallest absolute Gasteiger partial charge is 0.368 e. The Labute approximate surface area is 113 Å². The second-order valence-electron chi connectivity index (χ2n) is 3.80. The Bertz CT molecular complexity index is 655. The largest absolute Gasteiger partial charge is 0.430 e. The van der Waals surface area contributed by atoms with Crippen molar-refractivity contribution in [2.75, 3.05) is 0 Å². The number of ether oxygens (including phenoxy) is 1. The summed E-state index contributed by atoms with van der Waals surface area (Å²) in [6, 6.07) is 0. The van der Waals surface area contributed by atoms with Gasteiger partial charge >= 0.3 is 11.6 Å². The van der Waals surface area contributed by atoms with Crippen LogP contribution in [0.5, 0.6) is 11.6 Å². The van der Waals surface area contributed by atoms with Crippen molar-refractivity contribution in [3.05, 3.63) is 33.0 Å². The molecular formula is C10H10ClN5O3. The average Bonchev–Trinajstić information content (AvgIpc) is 2.55. The van der Waals surface area contributed by atoms with Crippen LogP contribution >= 0.6 is 11.6 Å². The van der Waals surface area contributed by atoms with Gasteiger partial charge in [-0.3, -0.25) is 14.8 Å². The second kappa shape index (κ2) is 4.81. The molecule has 0 saturated carbocycles. The number of nitrogens with zero attached hydrogens (tertiary/aromatic N) is 5. The molecule has 0 unspecified atom stereocenters. The van der Waals surface area contributed by atoms with E-state index in [1.807, 2.05) is 0 Å². The first-order valence-corrected chi connectivity index (χ1v) is 5.62. The normalized spacial score (nSPS) is 10.5. The highest BCUT2D eigenvalue weighted by Crippen LogP contribution is 2.35. The summed E-state index contributed by atoms with van der Waals surface area (Å²) >= 11 is 5.68. The number of aromatic nitrogens is 4. The third-order valence-corrected chi connectivity index (χ3v) is 2.84. The van der Waals surface area contributed by atoms with Gasteiger partial charge in [-0.05, 0) is 13.8 Å². The van der Waals surface area contributed by atoms with Crippen molar-refractivity contribution in [1.29, 1.82) is 0 Å². The molecule has 0 aliphatic heterocycles. The Hall–Kier alpha value is -2.22. The van der Waals surface area contributed by atoms with Gasteiger partial charge in [-0.15, -0.1) is 0 Å². The minimum Gasteiger partial charge on any atom is -0.430 e. The van der Waals surface area contributed by atoms with E-state index < -0.39 is 10.6 Å². The van der Waals surface area contributed by atoms with E-state index in [-0.39, 0.29) is 11.0 Å². The number of halogens is 1. The molecule has 100 valence electrons. The van der Waals surface area contributed by atoms with Gasteiger partial charge in [0.05, 0.1) is 10.6 Å². The molecule has 0 bridgehead atoms. The molecule has 0 atom stereocenters. The highest BCUT2D eigenvalue weighted by atomic mass is 35.5. The fraction of sp³-hybridized carbons (Fsp3) is 0.300. The molecule has 0 aliphatic rings. The first-order chi connectivity index (χ1) is 8.91. The highest BCUT2D eigenvalue weighted by Gasteiger charge is 2.25. The minimum atomic E-state index is -0.682. The molecule has 2 rings (SSSR count). The first kappa shape index (κ1) is 13.2. The Morgan fingerprint density at radius 3 is 2.63 bits per heavy atom. The molecule has 0 fully saturated rings. The summed E-state index contributed by atoms with van der Waals surface area (Å²) in [6.07, 6.45) is 1.10. The topological polar surface area (TPSA) is 96.0 Å². The molecule has 0 aliphatic carbocycles. The summed E-state index contributed by atoms with van der Waals surface area (Å²) < 4.78 is 7.08. The van der Waals surface area contributed by atoms with E-state index in [1.54, 1.807) is 25.6 Å². The van der Waals surface area contributed by atoms with E-state index in [0.717, 1.165) is 12.0 Å².